The van der Waals surface area contributed by atoms with Gasteiger partial charge < -0.3 is 10.6 Å². The molecule has 1 aromatic rings. The number of aliphatic imine (C=N–C) groups is 1. The van der Waals surface area contributed by atoms with Gasteiger partial charge in [-0.2, -0.15) is 0 Å². The molecule has 1 saturated carbocycles. The summed E-state index contributed by atoms with van der Waals surface area (Å²) in [7, 11) is 1.85. The molecule has 4 nitrogen and oxygen atoms in total. The quantitative estimate of drug-likeness (QED) is 0.648. The Balaban J connectivity index is 1.58. The van der Waals surface area contributed by atoms with E-state index in [4.69, 9.17) is 0 Å². The highest BCUT2D eigenvalue weighted by molar-refractivity contribution is 5.80. The topological polar surface area (TPSA) is 39.7 Å². The summed E-state index contributed by atoms with van der Waals surface area (Å²) >= 11 is 0. The van der Waals surface area contributed by atoms with Gasteiger partial charge in [-0.05, 0) is 49.3 Å². The van der Waals surface area contributed by atoms with Crippen LogP contribution in [0, 0.1) is 5.92 Å². The normalized spacial score (nSPS) is 22.9. The van der Waals surface area contributed by atoms with Crippen molar-refractivity contribution in [3.8, 4) is 0 Å². The van der Waals surface area contributed by atoms with Crippen LogP contribution in [-0.4, -0.2) is 37.0 Å². The van der Waals surface area contributed by atoms with Gasteiger partial charge in [0.15, 0.2) is 5.96 Å². The summed E-state index contributed by atoms with van der Waals surface area (Å²) in [4.78, 5) is 6.92. The van der Waals surface area contributed by atoms with Crippen molar-refractivity contribution in [3.63, 3.8) is 0 Å². The lowest BCUT2D eigenvalue weighted by atomic mass is 9.99. The van der Waals surface area contributed by atoms with Crippen molar-refractivity contribution in [2.24, 2.45) is 10.9 Å². The van der Waals surface area contributed by atoms with Gasteiger partial charge in [0.2, 0.25) is 0 Å². The molecule has 1 aliphatic carbocycles. The molecule has 2 N–H and O–H groups in total. The lowest BCUT2D eigenvalue weighted by Gasteiger charge is -2.31. The van der Waals surface area contributed by atoms with Crippen molar-refractivity contribution in [2.75, 3.05) is 20.1 Å². The molecular weight excluding hydrogens is 284 g/mol. The Morgan fingerprint density at radius 2 is 2.00 bits per heavy atom. The minimum absolute atomic E-state index is 0.631. The standard InChI is InChI=1S/C19H30N4/c1-15-6-5-11-23(13-15)14-17-8-4-3-7-16(17)12-21-19(20-2)22-18-9-10-18/h3-4,7-8,15,18H,5-6,9-14H2,1-2H3,(H2,20,21,22). The molecule has 0 amide bonds. The molecular formula is C19H30N4. The minimum Gasteiger partial charge on any atom is -0.354 e. The molecule has 3 rings (SSSR count). The van der Waals surface area contributed by atoms with E-state index in [9.17, 15) is 0 Å². The Hall–Kier alpha value is -1.55. The summed E-state index contributed by atoms with van der Waals surface area (Å²) in [6.07, 6.45) is 5.25. The molecule has 1 saturated heterocycles. The van der Waals surface area contributed by atoms with E-state index in [1.165, 1.54) is 49.9 Å². The van der Waals surface area contributed by atoms with E-state index < -0.39 is 0 Å². The molecule has 1 aliphatic heterocycles. The lowest BCUT2D eigenvalue weighted by molar-refractivity contribution is 0.176. The van der Waals surface area contributed by atoms with E-state index in [-0.39, 0.29) is 0 Å². The first-order chi connectivity index (χ1) is 11.2. The maximum absolute atomic E-state index is 4.32. The van der Waals surface area contributed by atoms with Crippen molar-refractivity contribution in [1.29, 1.82) is 0 Å². The van der Waals surface area contributed by atoms with E-state index in [2.05, 4.69) is 51.7 Å². The van der Waals surface area contributed by atoms with Crippen molar-refractivity contribution >= 4 is 5.96 Å². The average Bonchev–Trinajstić information content (AvgIpc) is 3.37. The average molecular weight is 314 g/mol. The molecule has 2 aliphatic rings. The number of likely N-dealkylation sites (tertiary alicyclic amines) is 1. The van der Waals surface area contributed by atoms with E-state index >= 15 is 0 Å². The van der Waals surface area contributed by atoms with Gasteiger partial charge in [-0.3, -0.25) is 9.89 Å². The van der Waals surface area contributed by atoms with Crippen molar-refractivity contribution in [2.45, 2.75) is 51.7 Å². The first-order valence-electron chi connectivity index (χ1n) is 9.01. The van der Waals surface area contributed by atoms with E-state index in [0.717, 1.165) is 25.0 Å². The largest absolute Gasteiger partial charge is 0.354 e. The van der Waals surface area contributed by atoms with Crippen LogP contribution in [-0.2, 0) is 13.1 Å². The second-order valence-corrected chi connectivity index (χ2v) is 7.10. The molecule has 1 unspecified atom stereocenters. The highest BCUT2D eigenvalue weighted by atomic mass is 15.2. The zero-order valence-corrected chi connectivity index (χ0v) is 14.5. The second kappa shape index (κ2) is 7.82. The Bertz CT molecular complexity index is 536. The minimum atomic E-state index is 0.631. The zero-order valence-electron chi connectivity index (χ0n) is 14.5. The third kappa shape index (κ3) is 4.96. The molecule has 0 aromatic heterocycles. The number of hydrogen-bond acceptors (Lipinski definition) is 2. The molecule has 1 heterocycles. The molecule has 126 valence electrons. The first-order valence-corrected chi connectivity index (χ1v) is 9.01. The summed E-state index contributed by atoms with van der Waals surface area (Å²) in [6.45, 7) is 6.74. The van der Waals surface area contributed by atoms with Crippen molar-refractivity contribution in [3.05, 3.63) is 35.4 Å². The number of nitrogens with one attached hydrogen (secondary N) is 2. The second-order valence-electron chi connectivity index (χ2n) is 7.10. The van der Waals surface area contributed by atoms with Gasteiger partial charge in [0.1, 0.15) is 0 Å². The molecule has 0 bridgehead atoms. The van der Waals surface area contributed by atoms with E-state index in [1.807, 2.05) is 7.05 Å². The van der Waals surface area contributed by atoms with Crippen LogP contribution in [0.5, 0.6) is 0 Å². The molecule has 1 atom stereocenters. The van der Waals surface area contributed by atoms with Crippen LogP contribution in [0.2, 0.25) is 0 Å². The van der Waals surface area contributed by atoms with E-state index in [1.54, 1.807) is 0 Å². The van der Waals surface area contributed by atoms with Crippen LogP contribution < -0.4 is 10.6 Å². The number of rotatable bonds is 5. The predicted octanol–water partition coefficient (Wildman–Crippen LogP) is 2.75. The number of nitrogens with zero attached hydrogens (tertiary/aromatic N) is 2. The first kappa shape index (κ1) is 16.3. The molecule has 0 spiro atoms. The Morgan fingerprint density at radius 1 is 1.22 bits per heavy atom. The van der Waals surface area contributed by atoms with Crippen LogP contribution in [0.4, 0.5) is 0 Å². The molecule has 1 aromatic carbocycles. The van der Waals surface area contributed by atoms with Gasteiger partial charge in [-0.25, -0.2) is 0 Å². The maximum atomic E-state index is 4.32. The van der Waals surface area contributed by atoms with Crippen molar-refractivity contribution in [1.82, 2.24) is 15.5 Å². The van der Waals surface area contributed by atoms with Crippen LogP contribution in [0.25, 0.3) is 0 Å². The summed E-state index contributed by atoms with van der Waals surface area (Å²) in [5.41, 5.74) is 2.82. The Kier molecular flexibility index (Phi) is 5.55. The molecule has 0 radical (unpaired) electrons. The smallest absolute Gasteiger partial charge is 0.191 e. The van der Waals surface area contributed by atoms with E-state index in [0.29, 0.717) is 6.04 Å². The van der Waals surface area contributed by atoms with Crippen LogP contribution >= 0.6 is 0 Å². The van der Waals surface area contributed by atoms with Gasteiger partial charge in [0.05, 0.1) is 0 Å². The van der Waals surface area contributed by atoms with Gasteiger partial charge in [0.25, 0.3) is 0 Å². The highest BCUT2D eigenvalue weighted by Crippen LogP contribution is 2.20. The third-order valence-electron chi connectivity index (χ3n) is 4.84. The van der Waals surface area contributed by atoms with Crippen LogP contribution in [0.15, 0.2) is 29.3 Å². The third-order valence-corrected chi connectivity index (χ3v) is 4.84. The lowest BCUT2D eigenvalue weighted by Crippen LogP contribution is -2.38. The van der Waals surface area contributed by atoms with Gasteiger partial charge in [-0.1, -0.05) is 31.2 Å². The fourth-order valence-electron chi connectivity index (χ4n) is 3.35. The number of guanidine groups is 1. The highest BCUT2D eigenvalue weighted by Gasteiger charge is 2.22. The van der Waals surface area contributed by atoms with Crippen LogP contribution in [0.1, 0.15) is 43.7 Å². The van der Waals surface area contributed by atoms with Gasteiger partial charge in [-0.15, -0.1) is 0 Å². The SMILES string of the molecule is CN=C(NCc1ccccc1CN1CCCC(C)C1)NC1CC1. The Morgan fingerprint density at radius 3 is 2.70 bits per heavy atom. The number of piperidine rings is 1. The summed E-state index contributed by atoms with van der Waals surface area (Å²) < 4.78 is 0. The fourth-order valence-corrected chi connectivity index (χ4v) is 3.35. The molecule has 2 fully saturated rings. The predicted molar refractivity (Wildman–Crippen MR) is 96.5 cm³/mol. The fraction of sp³-hybridized carbons (Fsp3) is 0.632. The van der Waals surface area contributed by atoms with Crippen molar-refractivity contribution < 1.29 is 0 Å². The number of benzene rings is 1. The number of hydrogen-bond donors (Lipinski definition) is 2. The molecule has 4 heteroatoms. The molecule has 23 heavy (non-hydrogen) atoms. The van der Waals surface area contributed by atoms with Gasteiger partial charge in [0, 0.05) is 32.7 Å². The summed E-state index contributed by atoms with van der Waals surface area (Å²) in [6, 6.07) is 9.43. The summed E-state index contributed by atoms with van der Waals surface area (Å²) in [5.74, 6) is 1.75. The van der Waals surface area contributed by atoms with Gasteiger partial charge >= 0.3 is 0 Å². The van der Waals surface area contributed by atoms with Crippen LogP contribution in [0.3, 0.4) is 0 Å². The zero-order chi connectivity index (χ0) is 16.1. The summed E-state index contributed by atoms with van der Waals surface area (Å²) in [5, 5.41) is 6.91. The monoisotopic (exact) mass is 314 g/mol. The Labute approximate surface area is 140 Å². The maximum Gasteiger partial charge on any atom is 0.191 e.